The molecule has 0 heterocycles. The fraction of sp³-hybridized carbons (Fsp3) is 1.00. The van der Waals surface area contributed by atoms with E-state index >= 15 is 0 Å². The maximum atomic E-state index is 9.88. The Balaban J connectivity index is 1.69. The predicted octanol–water partition coefficient (Wildman–Crippen LogP) is 0.794. The summed E-state index contributed by atoms with van der Waals surface area (Å²) in [4.78, 5) is 0. The minimum absolute atomic E-state index is 0.128. The standard InChI is InChI=1S/C11H21NO2/c13-10-4-1-3-9(7-10)12-8-11(14)5-2-6-11/h9-10,12-14H,1-8H2. The molecule has 0 aliphatic heterocycles. The third kappa shape index (κ3) is 2.47. The summed E-state index contributed by atoms with van der Waals surface area (Å²) >= 11 is 0. The van der Waals surface area contributed by atoms with Crippen molar-refractivity contribution in [2.75, 3.05) is 6.54 Å². The maximum absolute atomic E-state index is 9.88. The van der Waals surface area contributed by atoms with Crippen LogP contribution in [0.25, 0.3) is 0 Å². The molecule has 0 aromatic rings. The highest BCUT2D eigenvalue weighted by Crippen LogP contribution is 2.31. The Morgan fingerprint density at radius 3 is 2.57 bits per heavy atom. The highest BCUT2D eigenvalue weighted by atomic mass is 16.3. The Labute approximate surface area is 85.5 Å². The van der Waals surface area contributed by atoms with Crippen LogP contribution in [0.15, 0.2) is 0 Å². The number of hydrogen-bond donors (Lipinski definition) is 3. The van der Waals surface area contributed by atoms with E-state index in [-0.39, 0.29) is 6.10 Å². The first-order chi connectivity index (χ1) is 6.68. The maximum Gasteiger partial charge on any atom is 0.0771 e. The van der Waals surface area contributed by atoms with Crippen molar-refractivity contribution >= 4 is 0 Å². The van der Waals surface area contributed by atoms with Crippen LogP contribution in [0.3, 0.4) is 0 Å². The molecule has 2 saturated carbocycles. The highest BCUT2D eigenvalue weighted by Gasteiger charge is 2.34. The summed E-state index contributed by atoms with van der Waals surface area (Å²) in [7, 11) is 0. The quantitative estimate of drug-likeness (QED) is 0.630. The topological polar surface area (TPSA) is 52.5 Å². The number of aliphatic hydroxyl groups excluding tert-OH is 1. The van der Waals surface area contributed by atoms with Crippen molar-refractivity contribution in [1.82, 2.24) is 5.32 Å². The van der Waals surface area contributed by atoms with E-state index in [4.69, 9.17) is 0 Å². The van der Waals surface area contributed by atoms with Gasteiger partial charge >= 0.3 is 0 Å². The smallest absolute Gasteiger partial charge is 0.0771 e. The van der Waals surface area contributed by atoms with Crippen LogP contribution >= 0.6 is 0 Å². The first kappa shape index (κ1) is 10.4. The molecular weight excluding hydrogens is 178 g/mol. The van der Waals surface area contributed by atoms with Crippen LogP contribution in [0.2, 0.25) is 0 Å². The van der Waals surface area contributed by atoms with Gasteiger partial charge in [0.25, 0.3) is 0 Å². The van der Waals surface area contributed by atoms with E-state index < -0.39 is 5.60 Å². The van der Waals surface area contributed by atoms with Crippen LogP contribution in [0, 0.1) is 0 Å². The first-order valence-electron chi connectivity index (χ1n) is 5.82. The summed E-state index contributed by atoms with van der Waals surface area (Å²) in [5.74, 6) is 0. The van der Waals surface area contributed by atoms with E-state index in [2.05, 4.69) is 5.32 Å². The molecule has 2 atom stereocenters. The van der Waals surface area contributed by atoms with Gasteiger partial charge in [-0.2, -0.15) is 0 Å². The van der Waals surface area contributed by atoms with Crippen molar-refractivity contribution < 1.29 is 10.2 Å². The van der Waals surface area contributed by atoms with Crippen LogP contribution in [0.1, 0.15) is 44.9 Å². The fourth-order valence-electron chi connectivity index (χ4n) is 2.45. The Kier molecular flexibility index (Phi) is 3.10. The number of rotatable bonds is 3. The second kappa shape index (κ2) is 4.17. The van der Waals surface area contributed by atoms with Gasteiger partial charge in [0.2, 0.25) is 0 Å². The molecule has 0 aromatic carbocycles. The van der Waals surface area contributed by atoms with Crippen LogP contribution in [-0.4, -0.2) is 34.5 Å². The van der Waals surface area contributed by atoms with E-state index in [1.807, 2.05) is 0 Å². The number of hydrogen-bond acceptors (Lipinski definition) is 3. The van der Waals surface area contributed by atoms with Crippen molar-refractivity contribution in [3.8, 4) is 0 Å². The van der Waals surface area contributed by atoms with Crippen molar-refractivity contribution in [3.05, 3.63) is 0 Å². The third-order valence-electron chi connectivity index (χ3n) is 3.65. The second-order valence-corrected chi connectivity index (χ2v) is 4.98. The fourth-order valence-corrected chi connectivity index (χ4v) is 2.45. The summed E-state index contributed by atoms with van der Waals surface area (Å²) in [6.45, 7) is 0.713. The molecular formula is C11H21NO2. The van der Waals surface area contributed by atoms with E-state index in [1.54, 1.807) is 0 Å². The molecule has 0 radical (unpaired) electrons. The molecule has 0 bridgehead atoms. The van der Waals surface area contributed by atoms with Gasteiger partial charge in [-0.3, -0.25) is 0 Å². The number of nitrogens with one attached hydrogen (secondary N) is 1. The monoisotopic (exact) mass is 199 g/mol. The molecule has 0 amide bonds. The van der Waals surface area contributed by atoms with Gasteiger partial charge in [-0.05, 0) is 44.9 Å². The predicted molar refractivity (Wildman–Crippen MR) is 55.1 cm³/mol. The van der Waals surface area contributed by atoms with Gasteiger partial charge < -0.3 is 15.5 Å². The van der Waals surface area contributed by atoms with Crippen molar-refractivity contribution in [2.24, 2.45) is 0 Å². The van der Waals surface area contributed by atoms with Crippen LogP contribution in [0.4, 0.5) is 0 Å². The molecule has 2 fully saturated rings. The molecule has 3 N–H and O–H groups in total. The summed E-state index contributed by atoms with van der Waals surface area (Å²) in [5, 5.41) is 22.7. The molecule has 2 aliphatic carbocycles. The van der Waals surface area contributed by atoms with Gasteiger partial charge in [-0.25, -0.2) is 0 Å². The molecule has 0 spiro atoms. The highest BCUT2D eigenvalue weighted by molar-refractivity contribution is 4.91. The lowest BCUT2D eigenvalue weighted by atomic mass is 9.80. The normalized spacial score (nSPS) is 36.4. The molecule has 3 nitrogen and oxygen atoms in total. The van der Waals surface area contributed by atoms with Crippen LogP contribution in [-0.2, 0) is 0 Å². The van der Waals surface area contributed by atoms with E-state index in [1.165, 1.54) is 0 Å². The summed E-state index contributed by atoms with van der Waals surface area (Å²) in [5.41, 5.74) is -0.428. The largest absolute Gasteiger partial charge is 0.393 e. The van der Waals surface area contributed by atoms with Gasteiger partial charge in [-0.1, -0.05) is 0 Å². The van der Waals surface area contributed by atoms with E-state index in [0.717, 1.165) is 44.9 Å². The summed E-state index contributed by atoms with van der Waals surface area (Å²) in [6.07, 6.45) is 6.97. The van der Waals surface area contributed by atoms with Gasteiger partial charge in [0.05, 0.1) is 11.7 Å². The van der Waals surface area contributed by atoms with Gasteiger partial charge in [-0.15, -0.1) is 0 Å². The molecule has 2 rings (SSSR count). The average Bonchev–Trinajstić information content (AvgIpc) is 2.12. The van der Waals surface area contributed by atoms with Gasteiger partial charge in [0, 0.05) is 12.6 Å². The van der Waals surface area contributed by atoms with Gasteiger partial charge in [0.1, 0.15) is 0 Å². The lowest BCUT2D eigenvalue weighted by Gasteiger charge is -2.39. The lowest BCUT2D eigenvalue weighted by Crippen LogP contribution is -2.50. The number of aliphatic hydroxyl groups is 2. The Hall–Kier alpha value is -0.120. The van der Waals surface area contributed by atoms with E-state index in [0.29, 0.717) is 12.6 Å². The van der Waals surface area contributed by atoms with Crippen molar-refractivity contribution in [1.29, 1.82) is 0 Å². The Bertz CT molecular complexity index is 192. The second-order valence-electron chi connectivity index (χ2n) is 4.98. The van der Waals surface area contributed by atoms with Crippen LogP contribution < -0.4 is 5.32 Å². The van der Waals surface area contributed by atoms with Gasteiger partial charge in [0.15, 0.2) is 0 Å². The molecule has 0 aromatic heterocycles. The molecule has 2 unspecified atom stereocenters. The van der Waals surface area contributed by atoms with Crippen LogP contribution in [0.5, 0.6) is 0 Å². The minimum Gasteiger partial charge on any atom is -0.393 e. The summed E-state index contributed by atoms with van der Waals surface area (Å²) in [6, 6.07) is 0.420. The zero-order valence-corrected chi connectivity index (χ0v) is 8.71. The lowest BCUT2D eigenvalue weighted by molar-refractivity contribution is -0.0355. The van der Waals surface area contributed by atoms with Crippen molar-refractivity contribution in [3.63, 3.8) is 0 Å². The third-order valence-corrected chi connectivity index (χ3v) is 3.65. The van der Waals surface area contributed by atoms with E-state index in [9.17, 15) is 10.2 Å². The zero-order chi connectivity index (χ0) is 10.0. The average molecular weight is 199 g/mol. The molecule has 0 saturated heterocycles. The summed E-state index contributed by atoms with van der Waals surface area (Å²) < 4.78 is 0. The Morgan fingerprint density at radius 2 is 2.00 bits per heavy atom. The molecule has 82 valence electrons. The minimum atomic E-state index is -0.428. The molecule has 3 heteroatoms. The Morgan fingerprint density at radius 1 is 1.21 bits per heavy atom. The first-order valence-corrected chi connectivity index (χ1v) is 5.82. The molecule has 2 aliphatic rings. The molecule has 14 heavy (non-hydrogen) atoms. The van der Waals surface area contributed by atoms with Crippen molar-refractivity contribution in [2.45, 2.75) is 62.7 Å². The SMILES string of the molecule is OC1CCCC(NCC2(O)CCC2)C1. The zero-order valence-electron chi connectivity index (χ0n) is 8.71.